The number of rotatable bonds is 4. The molecule has 2 heteroatoms. The van der Waals surface area contributed by atoms with Gasteiger partial charge in [0, 0.05) is 21.4 Å². The van der Waals surface area contributed by atoms with Crippen LogP contribution >= 0.6 is 11.6 Å². The highest BCUT2D eigenvalue weighted by atomic mass is 35.5. The summed E-state index contributed by atoms with van der Waals surface area (Å²) in [7, 11) is 0. The summed E-state index contributed by atoms with van der Waals surface area (Å²) in [5, 5.41) is 2.98. The van der Waals surface area contributed by atoms with Gasteiger partial charge in [-0.3, -0.25) is 0 Å². The smallest absolute Gasteiger partial charge is 0.144 e. The number of benzene rings is 8. The van der Waals surface area contributed by atoms with Gasteiger partial charge >= 0.3 is 0 Å². The van der Waals surface area contributed by atoms with Gasteiger partial charge in [-0.1, -0.05) is 181 Å². The van der Waals surface area contributed by atoms with Gasteiger partial charge in [0.2, 0.25) is 0 Å². The maximum atomic E-state index is 7.13. The van der Waals surface area contributed by atoms with Crippen molar-refractivity contribution in [2.24, 2.45) is 0 Å². The highest BCUT2D eigenvalue weighted by molar-refractivity contribution is 6.31. The first kappa shape index (κ1) is 29.6. The van der Waals surface area contributed by atoms with Gasteiger partial charge in [0.05, 0.1) is 10.8 Å². The van der Waals surface area contributed by atoms with E-state index in [1.54, 1.807) is 0 Å². The van der Waals surface area contributed by atoms with Crippen LogP contribution in [0.15, 0.2) is 192 Å². The van der Waals surface area contributed by atoms with Crippen molar-refractivity contribution < 1.29 is 4.42 Å². The van der Waals surface area contributed by atoms with E-state index in [1.165, 1.54) is 61.2 Å². The van der Waals surface area contributed by atoms with Gasteiger partial charge in [-0.25, -0.2) is 0 Å². The molecule has 1 aromatic heterocycles. The molecule has 0 atom stereocenters. The third kappa shape index (κ3) is 3.63. The average Bonchev–Trinajstić information content (AvgIpc) is 3.84. The second-order valence-corrected chi connectivity index (χ2v) is 14.4. The molecule has 0 spiro atoms. The number of halogens is 1. The molecule has 2 aliphatic rings. The lowest BCUT2D eigenvalue weighted by Crippen LogP contribution is -2.35. The predicted molar refractivity (Wildman–Crippen MR) is 213 cm³/mol. The lowest BCUT2D eigenvalue weighted by Gasteiger charge is -2.40. The van der Waals surface area contributed by atoms with Crippen molar-refractivity contribution in [2.75, 3.05) is 0 Å². The van der Waals surface area contributed by atoms with Crippen molar-refractivity contribution in [3.8, 4) is 22.3 Å². The quantitative estimate of drug-likeness (QED) is 0.180. The number of fused-ring (bicyclic) bond motifs is 12. The molecular weight excluding hydrogens is 652 g/mol. The summed E-state index contributed by atoms with van der Waals surface area (Å²) in [6, 6.07) is 68.3. The van der Waals surface area contributed by atoms with Gasteiger partial charge in [-0.05, 0) is 79.4 Å². The Morgan fingerprint density at radius 1 is 0.404 bits per heavy atom. The second-order valence-electron chi connectivity index (χ2n) is 14.0. The Morgan fingerprint density at radius 2 is 0.865 bits per heavy atom. The monoisotopic (exact) mass is 682 g/mol. The van der Waals surface area contributed by atoms with E-state index in [4.69, 9.17) is 16.0 Å². The summed E-state index contributed by atoms with van der Waals surface area (Å²) in [6.07, 6.45) is 0. The van der Waals surface area contributed by atoms with Crippen molar-refractivity contribution in [2.45, 2.75) is 10.8 Å². The maximum absolute atomic E-state index is 7.13. The highest BCUT2D eigenvalue weighted by Gasteiger charge is 2.57. The summed E-state index contributed by atoms with van der Waals surface area (Å²) < 4.78 is 7.13. The summed E-state index contributed by atoms with van der Waals surface area (Å²) in [4.78, 5) is 0. The van der Waals surface area contributed by atoms with Gasteiger partial charge in [-0.15, -0.1) is 0 Å². The minimum Gasteiger partial charge on any atom is -0.455 e. The fourth-order valence-electron chi connectivity index (χ4n) is 9.86. The van der Waals surface area contributed by atoms with Crippen molar-refractivity contribution in [1.82, 2.24) is 0 Å². The Hall–Kier alpha value is -6.15. The van der Waals surface area contributed by atoms with Crippen molar-refractivity contribution in [3.05, 3.63) is 238 Å². The van der Waals surface area contributed by atoms with Crippen LogP contribution in [0.1, 0.15) is 44.5 Å². The molecule has 2 aliphatic carbocycles. The van der Waals surface area contributed by atoms with Crippen molar-refractivity contribution in [1.29, 1.82) is 0 Å². The van der Waals surface area contributed by atoms with E-state index >= 15 is 0 Å². The summed E-state index contributed by atoms with van der Waals surface area (Å²) in [6.45, 7) is 0. The Balaban J connectivity index is 1.50. The zero-order chi connectivity index (χ0) is 34.4. The van der Waals surface area contributed by atoms with Crippen LogP contribution in [0.25, 0.3) is 44.2 Å². The first-order chi connectivity index (χ1) is 25.7. The van der Waals surface area contributed by atoms with Crippen molar-refractivity contribution in [3.63, 3.8) is 0 Å². The maximum Gasteiger partial charge on any atom is 0.144 e. The van der Waals surface area contributed by atoms with Crippen LogP contribution in [0.5, 0.6) is 0 Å². The molecule has 0 N–H and O–H groups in total. The molecule has 8 aromatic carbocycles. The normalized spacial score (nSPS) is 14.6. The minimum atomic E-state index is -0.717. The summed E-state index contributed by atoms with van der Waals surface area (Å²) >= 11 is 7.08. The molecule has 0 bridgehead atoms. The Kier molecular flexibility index (Phi) is 6.21. The standard InChI is InChI=1S/C50H31ClO/c51-36-29-30-38-41(31-36)50(34-21-9-3-10-22-34,35-23-11-4-12-24-35)46-43(38)44-39-26-14-16-28-42(39)52-48(44)45-37-25-13-15-27-40(37)49(47(45)46,32-17-5-1-6-18-32)33-19-7-2-8-20-33/h1-31H. The van der Waals surface area contributed by atoms with E-state index < -0.39 is 10.8 Å². The van der Waals surface area contributed by atoms with Crippen LogP contribution in [0.2, 0.25) is 5.02 Å². The van der Waals surface area contributed by atoms with E-state index in [9.17, 15) is 0 Å². The van der Waals surface area contributed by atoms with Crippen molar-refractivity contribution >= 4 is 33.5 Å². The topological polar surface area (TPSA) is 13.1 Å². The molecule has 0 radical (unpaired) electrons. The molecule has 11 rings (SSSR count). The van der Waals surface area contributed by atoms with E-state index in [0.717, 1.165) is 27.5 Å². The first-order valence-electron chi connectivity index (χ1n) is 17.9. The van der Waals surface area contributed by atoms with Crippen LogP contribution in [-0.4, -0.2) is 0 Å². The van der Waals surface area contributed by atoms with Crippen LogP contribution < -0.4 is 0 Å². The lowest BCUT2D eigenvalue weighted by atomic mass is 9.60. The fourth-order valence-corrected chi connectivity index (χ4v) is 10.0. The average molecular weight is 683 g/mol. The SMILES string of the molecule is Clc1ccc2c(c1)C(c1ccccc1)(c1ccccc1)c1c3c(c4oc5ccccc5c4c1-2)-c1ccccc1C3(c1ccccc1)c1ccccc1. The van der Waals surface area contributed by atoms with Gasteiger partial charge in [0.1, 0.15) is 11.2 Å². The highest BCUT2D eigenvalue weighted by Crippen LogP contribution is 2.68. The molecule has 9 aromatic rings. The first-order valence-corrected chi connectivity index (χ1v) is 18.3. The minimum absolute atomic E-state index is 0.674. The fraction of sp³-hybridized carbons (Fsp3) is 0.0400. The molecule has 1 nitrogen and oxygen atoms in total. The molecule has 244 valence electrons. The van der Waals surface area contributed by atoms with Crippen LogP contribution in [0.3, 0.4) is 0 Å². The summed E-state index contributed by atoms with van der Waals surface area (Å²) in [5.74, 6) is 0. The van der Waals surface area contributed by atoms with Gasteiger partial charge in [0.25, 0.3) is 0 Å². The Morgan fingerprint density at radius 3 is 1.46 bits per heavy atom. The predicted octanol–water partition coefficient (Wildman–Crippen LogP) is 13.0. The van der Waals surface area contributed by atoms with Crippen LogP contribution in [0, 0.1) is 0 Å². The van der Waals surface area contributed by atoms with E-state index in [2.05, 4.69) is 182 Å². The molecule has 0 fully saturated rings. The van der Waals surface area contributed by atoms with E-state index in [1.807, 2.05) is 6.07 Å². The zero-order valence-electron chi connectivity index (χ0n) is 28.2. The molecule has 0 amide bonds. The Bertz CT molecular complexity index is 2760. The van der Waals surface area contributed by atoms with Gasteiger partial charge in [0.15, 0.2) is 0 Å². The lowest BCUT2D eigenvalue weighted by molar-refractivity contribution is 0.666. The molecular formula is C50H31ClO. The molecule has 0 aliphatic heterocycles. The molecule has 1 heterocycles. The number of hydrogen-bond acceptors (Lipinski definition) is 1. The zero-order valence-corrected chi connectivity index (χ0v) is 28.9. The number of furan rings is 1. The molecule has 52 heavy (non-hydrogen) atoms. The third-order valence-electron chi connectivity index (χ3n) is 11.7. The Labute approximate surface area is 307 Å². The molecule has 0 saturated heterocycles. The molecule has 0 saturated carbocycles. The van der Waals surface area contributed by atoms with Crippen LogP contribution in [0.4, 0.5) is 0 Å². The van der Waals surface area contributed by atoms with E-state index in [-0.39, 0.29) is 0 Å². The largest absolute Gasteiger partial charge is 0.455 e. The van der Waals surface area contributed by atoms with Gasteiger partial charge < -0.3 is 4.42 Å². The third-order valence-corrected chi connectivity index (χ3v) is 11.9. The van der Waals surface area contributed by atoms with Crippen LogP contribution in [-0.2, 0) is 10.8 Å². The molecule has 0 unspecified atom stereocenters. The van der Waals surface area contributed by atoms with E-state index in [0.29, 0.717) is 5.02 Å². The second kappa shape index (κ2) is 10.9. The van der Waals surface area contributed by atoms with Gasteiger partial charge in [-0.2, -0.15) is 0 Å². The number of para-hydroxylation sites is 1. The summed E-state index contributed by atoms with van der Waals surface area (Å²) in [5.41, 5.74) is 15.0. The number of hydrogen-bond donors (Lipinski definition) is 0.